The minimum Gasteiger partial charge on any atom is -1.00 e. The molecular weight excluding hydrogens is 1670 g/mol. The van der Waals surface area contributed by atoms with Crippen molar-refractivity contribution in [2.75, 3.05) is 33.5 Å². The zero-order valence-electron chi connectivity index (χ0n) is 67.7. The van der Waals surface area contributed by atoms with Crippen LogP contribution in [-0.4, -0.2) is 252 Å². The summed E-state index contributed by atoms with van der Waals surface area (Å²) in [4.78, 5) is 59.7. The van der Waals surface area contributed by atoms with E-state index in [1.165, 1.54) is 39.5 Å². The van der Waals surface area contributed by atoms with Gasteiger partial charge in [-0.15, -0.1) is 15.6 Å². The van der Waals surface area contributed by atoms with E-state index in [0.717, 1.165) is 107 Å². The predicted molar refractivity (Wildman–Crippen MR) is 514 cm³/mol. The molecule has 9 rings (SSSR count). The molecule has 3 aromatic carbocycles. The Kier molecular flexibility index (Phi) is 83.6. The molecule has 13 N–H and O–H groups in total. The van der Waals surface area contributed by atoms with Crippen LogP contribution in [0.1, 0.15) is 112 Å². The van der Waals surface area contributed by atoms with Crippen molar-refractivity contribution in [3.63, 3.8) is 0 Å². The number of nitrogens with zero attached hydrogens (tertiary/aromatic N) is 13. The quantitative estimate of drug-likeness (QED) is 0.00950. The Morgan fingerprint density at radius 1 is 0.626 bits per heavy atom. The van der Waals surface area contributed by atoms with Gasteiger partial charge in [0.05, 0.1) is 5.69 Å². The van der Waals surface area contributed by atoms with Crippen molar-refractivity contribution in [2.45, 2.75) is 143 Å². The van der Waals surface area contributed by atoms with Gasteiger partial charge < -0.3 is 67.1 Å². The number of anilines is 1. The number of hydrogen-bond donors (Lipinski definition) is 8. The number of aromatic nitrogens is 3. The third-order valence-electron chi connectivity index (χ3n) is 14.1. The van der Waals surface area contributed by atoms with E-state index in [4.69, 9.17) is 98.3 Å². The van der Waals surface area contributed by atoms with Crippen LogP contribution in [0.25, 0.3) is 4.98 Å². The van der Waals surface area contributed by atoms with Crippen LogP contribution >= 0.6 is 56.5 Å². The van der Waals surface area contributed by atoms with Crippen molar-refractivity contribution in [2.24, 2.45) is 69.4 Å². The van der Waals surface area contributed by atoms with Crippen LogP contribution in [0.2, 0.25) is 0 Å². The molecule has 0 saturated carbocycles. The van der Waals surface area contributed by atoms with E-state index < -0.39 is 31.2 Å². The van der Waals surface area contributed by atoms with Crippen LogP contribution in [0.15, 0.2) is 195 Å². The summed E-state index contributed by atoms with van der Waals surface area (Å²) in [5, 5.41) is 35.2. The van der Waals surface area contributed by atoms with Gasteiger partial charge in [0.2, 0.25) is 5.39 Å². The molecule has 0 spiro atoms. The first-order valence-electron chi connectivity index (χ1n) is 34.8. The average Bonchev–Trinajstić information content (AvgIpc) is 1.45. The number of aliphatic imine (C=N–C) groups is 5. The van der Waals surface area contributed by atoms with Gasteiger partial charge in [-0.1, -0.05) is 54.7 Å². The maximum Gasteiger partial charge on any atom is 1.00 e. The van der Waals surface area contributed by atoms with Crippen LogP contribution in [0.4, 0.5) is 17.1 Å². The molecule has 52 heteroatoms. The van der Waals surface area contributed by atoms with Gasteiger partial charge in [0.1, 0.15) is 23.3 Å². The molecular formula is C63H91B21Br3ClN21NaO4P. The molecule has 0 amide bonds. The molecule has 5 aliphatic heterocycles. The third-order valence-corrected chi connectivity index (χ3v) is 16.6. The fraction of sp³-hybridized carbons (Fsp3) is 0.429. The largest absolute Gasteiger partial charge is 1.00 e. The van der Waals surface area contributed by atoms with E-state index in [-0.39, 0.29) is 76.8 Å². The number of hydrogen-bond acceptors (Lipinski definition) is 22. The molecule has 4 aromatic rings. The van der Waals surface area contributed by atoms with Gasteiger partial charge >= 0.3 is 46.6 Å². The maximum atomic E-state index is 12.3. The molecule has 6 atom stereocenters. The normalized spacial score (nSPS) is 13.5. The number of halogens is 4. The smallest absolute Gasteiger partial charge is 1.00 e. The van der Waals surface area contributed by atoms with Gasteiger partial charge in [0, 0.05) is 294 Å². The van der Waals surface area contributed by atoms with Crippen molar-refractivity contribution < 1.29 is 42.0 Å². The predicted octanol–water partition coefficient (Wildman–Crippen LogP) is -1.51. The molecule has 0 bridgehead atoms. The Labute approximate surface area is 762 Å². The molecule has 569 valence electrons. The molecule has 6 unspecified atom stereocenters. The van der Waals surface area contributed by atoms with E-state index >= 15 is 0 Å². The second-order valence-corrected chi connectivity index (χ2v) is 28.1. The van der Waals surface area contributed by atoms with Gasteiger partial charge in [0.25, 0.3) is 0 Å². The van der Waals surface area contributed by atoms with E-state index in [0.29, 0.717) is 60.7 Å². The van der Waals surface area contributed by atoms with Crippen LogP contribution in [0.5, 0.6) is 0 Å². The van der Waals surface area contributed by atoms with Crippen LogP contribution in [0, 0.1) is 21.4 Å². The number of benzene rings is 3. The van der Waals surface area contributed by atoms with Crippen LogP contribution in [0.3, 0.4) is 0 Å². The third kappa shape index (κ3) is 68.7. The van der Waals surface area contributed by atoms with Gasteiger partial charge in [-0.05, 0) is 198 Å². The second kappa shape index (κ2) is 77.9. The number of nitrogen functional groups attached to an aromatic ring is 1. The van der Waals surface area contributed by atoms with E-state index in [9.17, 15) is 9.59 Å². The van der Waals surface area contributed by atoms with E-state index in [1.54, 1.807) is 23.4 Å². The molecule has 0 fully saturated rings. The zero-order chi connectivity index (χ0) is 86.3. The number of rotatable bonds is 20. The van der Waals surface area contributed by atoms with Crippen molar-refractivity contribution >= 4 is 260 Å². The minimum absolute atomic E-state index is 0. The Morgan fingerprint density at radius 2 is 0.991 bits per heavy atom. The summed E-state index contributed by atoms with van der Waals surface area (Å²) in [6.07, 6.45) is 18.7. The van der Waals surface area contributed by atoms with Crippen molar-refractivity contribution in [1.29, 1.82) is 5.39 Å². The van der Waals surface area contributed by atoms with E-state index in [1.807, 2.05) is 133 Å². The number of nitrogens with two attached hydrogens (primary N) is 5. The maximum absolute atomic E-state index is 12.3. The summed E-state index contributed by atoms with van der Waals surface area (Å²) < 4.78 is 5.85. The molecule has 5 aliphatic rings. The Morgan fingerprint density at radius 3 is 1.31 bits per heavy atom. The summed E-state index contributed by atoms with van der Waals surface area (Å²) in [6, 6.07) is 24.1. The van der Waals surface area contributed by atoms with Crippen molar-refractivity contribution in [3.8, 4) is 0 Å². The summed E-state index contributed by atoms with van der Waals surface area (Å²) in [5.74, 6) is 3.69. The molecule has 1 aromatic heterocycles. The molecule has 115 heavy (non-hydrogen) atoms. The number of diazo groups is 1. The zero-order valence-corrected chi connectivity index (χ0v) is 76.2. The van der Waals surface area contributed by atoms with Gasteiger partial charge in [0.15, 0.2) is 10.8 Å². The molecule has 6 heterocycles. The Balaban J connectivity index is -0.000000230. The first kappa shape index (κ1) is 123. The number of amidine groups is 4. The fourth-order valence-corrected chi connectivity index (χ4v) is 10.0. The topological polar surface area (TPSA) is 390 Å². The van der Waals surface area contributed by atoms with E-state index in [2.05, 4.69) is 191 Å². The molecule has 25 nitrogen and oxygen atoms in total. The van der Waals surface area contributed by atoms with Crippen molar-refractivity contribution in [3.05, 3.63) is 187 Å². The first-order chi connectivity index (χ1) is 52.9. The van der Waals surface area contributed by atoms with Crippen LogP contribution < -0.4 is 98.0 Å². The Hall–Kier alpha value is -4.70. The second-order valence-electron chi connectivity index (χ2n) is 24.4. The Bertz CT molecular complexity index is 3760. The summed E-state index contributed by atoms with van der Waals surface area (Å²) >= 11 is 9.93. The van der Waals surface area contributed by atoms with Gasteiger partial charge in [-0.2, -0.15) is 4.98 Å². The fourth-order valence-electron chi connectivity index (χ4n) is 8.52. The van der Waals surface area contributed by atoms with Gasteiger partial charge in [-0.3, -0.25) is 9.33 Å². The summed E-state index contributed by atoms with van der Waals surface area (Å²) in [6.45, 7) is 14.6. The molecule has 0 aliphatic carbocycles. The van der Waals surface area contributed by atoms with Gasteiger partial charge in [-0.25, -0.2) is 34.1 Å². The average molecular weight is 1760 g/mol. The first-order valence-corrected chi connectivity index (χ1v) is 38.6. The summed E-state index contributed by atoms with van der Waals surface area (Å²) in [7, 11) is 73.8. The molecule has 33 radical (unpaired) electrons. The number of nitrogens with one attached hydrogen (secondary N) is 3. The SMILES string of the molecule is CC(N)CC1=CN=C(N)C1.CCn1c(=O)nc(CC(C)CC2=CN=C(N)C2)n(PC)c1=O.CNC(C)CC1=CN=C(N)C1.CNC(C)CC1=CN=C(N=Nc2ccc(Br)cc2)C1.CNC(C)CC1=CN=CC1.N#[N+]c1ccc(Br)cc1.Nc1ccc(Br)cc1.O=N[O-].[B].[B]B([B])B([B])[B].[B]B([B])[B].[B][B].[B][B]B([B])[B].[B][B][B].[Cl-].[Na+]. The standard InChI is InChI=1S/C14H17BrN4.C14H22N5O2P.C8H15N3.C8H14N2.C7H13N3.C6H4BrN2.C6H6BrN.B6.B5.B4.B3.B2.B.ClH.HNO2.Na/c1-10(16-2)7-11-8-14(17-9-11)19-18-13-5-3-12(15)4-6-13;1-4-18-13(20)17-12(19(22-3)14(18)21)6-9(2)5-10-7-11(15)16-8-10;1-6(10-2)3-7-4-8(9)11-5-7;1-7(9-2)5-8-3-4-10-6-8;1-5(8)2-6-3-7(9)10-4-6;7-5-1-3-6(9-8)4-2-5;7-5-1-3-6(8)4-2-5;1-5(2)6(3)4;1-4-5(2)3;1-4(2)3;1-3-2;1-2;;;2-1-3;/h3-6,9-10,16H,7-8H2,1-2H3;8-9,22H,4-7H2,1-3H3,(H2,15,16);5-6,10H,3-4H2,1-2H3,(H2,9,11);4,6-7,9H,3,5H2,1-2H3;4-5H,2-3,8H2,1H3,(H2,9,10);1-4H;1-4H,8H2;;;;;;;1H;(H,2,3);/q;;;;;+1;;;;;;;;;;+1/p-2. The monoisotopic (exact) mass is 1760 g/mol. The van der Waals surface area contributed by atoms with Crippen molar-refractivity contribution in [1.82, 2.24) is 29.8 Å². The number of azo groups is 1. The minimum atomic E-state index is -0.667. The van der Waals surface area contributed by atoms with Crippen LogP contribution in [-0.2, 0) is 13.0 Å². The summed E-state index contributed by atoms with van der Waals surface area (Å²) in [5.41, 5.74) is 35.6. The molecule has 0 saturated heterocycles.